The van der Waals surface area contributed by atoms with E-state index in [1.807, 2.05) is 0 Å². The molecule has 0 aliphatic rings. The number of halogens is 2. The molecule has 1 aromatic carbocycles. The number of amides is 2. The second kappa shape index (κ2) is 7.54. The summed E-state index contributed by atoms with van der Waals surface area (Å²) in [4.78, 5) is 24.5. The van der Waals surface area contributed by atoms with E-state index < -0.39 is 25.0 Å². The van der Waals surface area contributed by atoms with Gasteiger partial charge in [-0.3, -0.25) is 9.59 Å². The Labute approximate surface area is 115 Å². The molecule has 0 radical (unpaired) electrons. The maximum atomic E-state index is 12.0. The van der Waals surface area contributed by atoms with Crippen molar-refractivity contribution >= 4 is 11.8 Å². The predicted molar refractivity (Wildman–Crippen MR) is 68.4 cm³/mol. The number of hydrogen-bond acceptors (Lipinski definition) is 3. The maximum absolute atomic E-state index is 12.0. The highest BCUT2D eigenvalue weighted by molar-refractivity contribution is 5.96. The Hall–Kier alpha value is -2.02. The molecule has 1 aromatic rings. The van der Waals surface area contributed by atoms with E-state index in [1.165, 1.54) is 11.9 Å². The summed E-state index contributed by atoms with van der Waals surface area (Å²) in [7, 11) is 1.43. The van der Waals surface area contributed by atoms with E-state index >= 15 is 0 Å². The van der Waals surface area contributed by atoms with E-state index in [0.29, 0.717) is 5.56 Å². The van der Waals surface area contributed by atoms with Crippen LogP contribution >= 0.6 is 0 Å². The van der Waals surface area contributed by atoms with E-state index in [4.69, 9.17) is 5.11 Å². The molecule has 5 nitrogen and oxygen atoms in total. The first kappa shape index (κ1) is 16.0. The zero-order valence-corrected chi connectivity index (χ0v) is 10.9. The lowest BCUT2D eigenvalue weighted by atomic mass is 10.2. The van der Waals surface area contributed by atoms with Gasteiger partial charge in [0.2, 0.25) is 5.91 Å². The van der Waals surface area contributed by atoms with Gasteiger partial charge < -0.3 is 15.3 Å². The molecule has 0 aliphatic carbocycles. The second-order valence-electron chi connectivity index (χ2n) is 4.23. The summed E-state index contributed by atoms with van der Waals surface area (Å²) in [5, 5.41) is 11.0. The highest BCUT2D eigenvalue weighted by atomic mass is 19.3. The van der Waals surface area contributed by atoms with E-state index in [9.17, 15) is 18.4 Å². The van der Waals surface area contributed by atoms with Crippen molar-refractivity contribution in [1.29, 1.82) is 0 Å². The highest BCUT2D eigenvalue weighted by Gasteiger charge is 2.19. The van der Waals surface area contributed by atoms with Gasteiger partial charge in [-0.25, -0.2) is 8.78 Å². The average molecular weight is 286 g/mol. The van der Waals surface area contributed by atoms with Gasteiger partial charge in [-0.15, -0.1) is 0 Å². The third-order valence-corrected chi connectivity index (χ3v) is 2.55. The largest absolute Gasteiger partial charge is 0.385 e. The predicted octanol–water partition coefficient (Wildman–Crippen LogP) is 0.501. The van der Waals surface area contributed by atoms with Crippen molar-refractivity contribution < 1.29 is 23.5 Å². The van der Waals surface area contributed by atoms with Crippen LogP contribution in [0.1, 0.15) is 10.4 Å². The minimum Gasteiger partial charge on any atom is -0.385 e. The summed E-state index contributed by atoms with van der Waals surface area (Å²) in [5.74, 6) is -0.966. The van der Waals surface area contributed by atoms with Crippen LogP contribution in [0.2, 0.25) is 0 Å². The fourth-order valence-electron chi connectivity index (χ4n) is 1.45. The van der Waals surface area contributed by atoms with Gasteiger partial charge in [0.05, 0.1) is 6.54 Å². The lowest BCUT2D eigenvalue weighted by Crippen LogP contribution is -2.42. The van der Waals surface area contributed by atoms with Crippen LogP contribution in [0.25, 0.3) is 0 Å². The van der Waals surface area contributed by atoms with Gasteiger partial charge in [0.1, 0.15) is 6.10 Å². The van der Waals surface area contributed by atoms with Crippen molar-refractivity contribution in [2.75, 3.05) is 20.1 Å². The van der Waals surface area contributed by atoms with Crippen LogP contribution in [-0.4, -0.2) is 54.5 Å². The summed E-state index contributed by atoms with van der Waals surface area (Å²) in [6, 6.07) is 8.37. The third kappa shape index (κ3) is 4.93. The molecule has 0 bridgehead atoms. The van der Waals surface area contributed by atoms with Crippen LogP contribution < -0.4 is 5.32 Å². The number of rotatable bonds is 6. The lowest BCUT2D eigenvalue weighted by molar-refractivity contribution is -0.122. The van der Waals surface area contributed by atoms with Crippen molar-refractivity contribution in [3.05, 3.63) is 35.9 Å². The molecule has 0 aliphatic heterocycles. The van der Waals surface area contributed by atoms with E-state index in [0.717, 1.165) is 0 Å². The molecule has 0 fully saturated rings. The van der Waals surface area contributed by atoms with Gasteiger partial charge >= 0.3 is 0 Å². The first-order valence-corrected chi connectivity index (χ1v) is 5.95. The van der Waals surface area contributed by atoms with Crippen LogP contribution in [0.4, 0.5) is 8.78 Å². The second-order valence-corrected chi connectivity index (χ2v) is 4.23. The van der Waals surface area contributed by atoms with Crippen molar-refractivity contribution in [3.8, 4) is 0 Å². The number of benzene rings is 1. The van der Waals surface area contributed by atoms with Gasteiger partial charge in [-0.05, 0) is 12.1 Å². The number of aliphatic hydroxyl groups is 1. The monoisotopic (exact) mass is 286 g/mol. The zero-order valence-electron chi connectivity index (χ0n) is 10.9. The molecule has 0 heterocycles. The summed E-state index contributed by atoms with van der Waals surface area (Å²) in [6.45, 7) is -0.826. The molecule has 0 saturated heterocycles. The number of hydrogen-bond donors (Lipinski definition) is 2. The van der Waals surface area contributed by atoms with Crippen LogP contribution in [0.3, 0.4) is 0 Å². The first-order chi connectivity index (χ1) is 9.41. The summed E-state index contributed by atoms with van der Waals surface area (Å²) < 4.78 is 24.1. The van der Waals surface area contributed by atoms with Crippen molar-refractivity contribution in [2.24, 2.45) is 0 Å². The summed E-state index contributed by atoms with van der Waals surface area (Å²) in [6.07, 6.45) is -4.83. The van der Waals surface area contributed by atoms with Gasteiger partial charge in [-0.1, -0.05) is 18.2 Å². The normalized spacial score (nSPS) is 12.1. The SMILES string of the molecule is CN(CC(=O)NCC(O)C(F)F)C(=O)c1ccccc1. The van der Waals surface area contributed by atoms with Crippen molar-refractivity contribution in [1.82, 2.24) is 10.2 Å². The molecular weight excluding hydrogens is 270 g/mol. The molecule has 20 heavy (non-hydrogen) atoms. The average Bonchev–Trinajstić information content (AvgIpc) is 2.44. The molecule has 1 rings (SSSR count). The molecule has 1 unspecified atom stereocenters. The minimum atomic E-state index is -2.92. The molecular formula is C13H16F2N2O3. The molecule has 0 aromatic heterocycles. The van der Waals surface area contributed by atoms with E-state index in [-0.39, 0.29) is 12.5 Å². The summed E-state index contributed by atoms with van der Waals surface area (Å²) in [5.41, 5.74) is 0.426. The topological polar surface area (TPSA) is 69.6 Å². The molecule has 7 heteroatoms. The number of alkyl halides is 2. The molecule has 1 atom stereocenters. The standard InChI is InChI=1S/C13H16F2N2O3/c1-17(13(20)9-5-3-2-4-6-9)8-11(19)16-7-10(18)12(14)15/h2-6,10,12,18H,7-8H2,1H3,(H,16,19). The molecule has 110 valence electrons. The van der Waals surface area contributed by atoms with Gasteiger partial charge in [-0.2, -0.15) is 0 Å². The van der Waals surface area contributed by atoms with Crippen LogP contribution in [0.15, 0.2) is 30.3 Å². The first-order valence-electron chi connectivity index (χ1n) is 5.95. The Morgan fingerprint density at radius 3 is 2.45 bits per heavy atom. The van der Waals surface area contributed by atoms with Gasteiger partial charge in [0.25, 0.3) is 12.3 Å². The van der Waals surface area contributed by atoms with Crippen molar-refractivity contribution in [2.45, 2.75) is 12.5 Å². The quantitative estimate of drug-likeness (QED) is 0.800. The van der Waals surface area contributed by atoms with E-state index in [1.54, 1.807) is 30.3 Å². The summed E-state index contributed by atoms with van der Waals surface area (Å²) >= 11 is 0. The van der Waals surface area contributed by atoms with Crippen molar-refractivity contribution in [3.63, 3.8) is 0 Å². The number of carbonyl (C=O) groups is 2. The fraction of sp³-hybridized carbons (Fsp3) is 0.385. The van der Waals surface area contributed by atoms with Gasteiger partial charge in [0.15, 0.2) is 0 Å². The molecule has 0 saturated carbocycles. The highest BCUT2D eigenvalue weighted by Crippen LogP contribution is 2.03. The Morgan fingerprint density at radius 2 is 1.90 bits per heavy atom. The Morgan fingerprint density at radius 1 is 1.30 bits per heavy atom. The number of nitrogens with zero attached hydrogens (tertiary/aromatic N) is 1. The number of nitrogens with one attached hydrogen (secondary N) is 1. The third-order valence-electron chi connectivity index (χ3n) is 2.55. The lowest BCUT2D eigenvalue weighted by Gasteiger charge is -2.17. The Bertz CT molecular complexity index is 454. The Balaban J connectivity index is 2.44. The van der Waals surface area contributed by atoms with Crippen LogP contribution in [0, 0.1) is 0 Å². The smallest absolute Gasteiger partial charge is 0.265 e. The van der Waals surface area contributed by atoms with Gasteiger partial charge in [0, 0.05) is 19.2 Å². The fourth-order valence-corrected chi connectivity index (χ4v) is 1.45. The van der Waals surface area contributed by atoms with E-state index in [2.05, 4.69) is 5.32 Å². The zero-order chi connectivity index (χ0) is 15.1. The number of likely N-dealkylation sites (N-methyl/N-ethyl adjacent to an activating group) is 1. The number of aliphatic hydroxyl groups excluding tert-OH is 1. The number of carbonyl (C=O) groups excluding carboxylic acids is 2. The Kier molecular flexibility index (Phi) is 6.05. The maximum Gasteiger partial charge on any atom is 0.265 e. The molecule has 0 spiro atoms. The van der Waals surface area contributed by atoms with Crippen LogP contribution in [0.5, 0.6) is 0 Å². The molecule has 2 N–H and O–H groups in total. The molecule has 2 amide bonds. The minimum absolute atomic E-state index is 0.274. The van der Waals surface area contributed by atoms with Crippen LogP contribution in [-0.2, 0) is 4.79 Å².